The summed E-state index contributed by atoms with van der Waals surface area (Å²) in [4.78, 5) is 52.2. The van der Waals surface area contributed by atoms with E-state index in [1.54, 1.807) is 13.8 Å². The van der Waals surface area contributed by atoms with Crippen molar-refractivity contribution in [3.8, 4) is 11.8 Å². The van der Waals surface area contributed by atoms with Gasteiger partial charge >= 0.3 is 5.97 Å². The third-order valence-corrected chi connectivity index (χ3v) is 11.5. The zero-order valence-corrected chi connectivity index (χ0v) is 35.0. The smallest absolute Gasteiger partial charge is 0.316 e. The number of hydrogen-bond acceptors (Lipinski definition) is 12. The van der Waals surface area contributed by atoms with E-state index in [0.717, 1.165) is 5.56 Å². The number of amides is 1. The first-order valence-electron chi connectivity index (χ1n) is 19.8. The summed E-state index contributed by atoms with van der Waals surface area (Å²) in [6.07, 6.45) is -4.85. The van der Waals surface area contributed by atoms with Crippen LogP contribution in [0, 0.1) is 35.5 Å². The Morgan fingerprint density at radius 1 is 1.05 bits per heavy atom. The van der Waals surface area contributed by atoms with Crippen LogP contribution < -0.4 is 0 Å². The van der Waals surface area contributed by atoms with Crippen molar-refractivity contribution in [1.29, 1.82) is 0 Å². The first-order valence-corrected chi connectivity index (χ1v) is 19.8. The Hall–Kier alpha value is -3.35. The van der Waals surface area contributed by atoms with Crippen molar-refractivity contribution in [3.05, 3.63) is 35.9 Å². The largest absolute Gasteiger partial charge is 0.459 e. The van der Waals surface area contributed by atoms with E-state index in [-0.39, 0.29) is 44.7 Å². The van der Waals surface area contributed by atoms with Crippen LogP contribution >= 0.6 is 0 Å². The lowest BCUT2D eigenvalue weighted by Crippen LogP contribution is -2.60. The highest BCUT2D eigenvalue weighted by Crippen LogP contribution is 2.40. The summed E-state index contributed by atoms with van der Waals surface area (Å²) in [6, 6.07) is 9.23. The third kappa shape index (κ3) is 10.8. The minimum atomic E-state index is -1.81. The lowest BCUT2D eigenvalue weighted by atomic mass is 9.73. The average Bonchev–Trinajstić information content (AvgIpc) is 3.16. The molecule has 2 bridgehead atoms. The molecule has 310 valence electrons. The fraction of sp³-hybridized carbons (Fsp3) is 0.698. The molecule has 3 saturated heterocycles. The van der Waals surface area contributed by atoms with E-state index in [9.17, 15) is 24.6 Å². The molecule has 56 heavy (non-hydrogen) atoms. The second-order valence-electron chi connectivity index (χ2n) is 16.4. The minimum Gasteiger partial charge on any atom is -0.459 e. The highest BCUT2D eigenvalue weighted by Gasteiger charge is 2.53. The van der Waals surface area contributed by atoms with E-state index in [0.29, 0.717) is 17.8 Å². The van der Waals surface area contributed by atoms with Gasteiger partial charge < -0.3 is 38.8 Å². The van der Waals surface area contributed by atoms with Crippen LogP contribution in [0.2, 0.25) is 0 Å². The van der Waals surface area contributed by atoms with Gasteiger partial charge in [-0.2, -0.15) is 0 Å². The van der Waals surface area contributed by atoms with Gasteiger partial charge in [0, 0.05) is 36.1 Å². The number of cyclic esters (lactones) is 1. The normalized spacial score (nSPS) is 39.2. The second kappa shape index (κ2) is 19.4. The summed E-state index contributed by atoms with van der Waals surface area (Å²) >= 11 is 0. The van der Waals surface area contributed by atoms with Gasteiger partial charge in [0.1, 0.15) is 30.3 Å². The van der Waals surface area contributed by atoms with Crippen LogP contribution in [0.15, 0.2) is 40.3 Å². The maximum absolute atomic E-state index is 14.4. The molecule has 0 radical (unpaired) electrons. The van der Waals surface area contributed by atoms with Crippen molar-refractivity contribution in [2.75, 3.05) is 33.9 Å². The Bertz CT molecular complexity index is 1650. The fourth-order valence-electron chi connectivity index (χ4n) is 8.46. The van der Waals surface area contributed by atoms with Crippen molar-refractivity contribution in [2.24, 2.45) is 33.7 Å². The average molecular weight is 782 g/mol. The van der Waals surface area contributed by atoms with E-state index in [2.05, 4.69) is 16.8 Å². The predicted molar refractivity (Wildman–Crippen MR) is 212 cm³/mol. The number of esters is 1. The van der Waals surface area contributed by atoms with Gasteiger partial charge in [-0.05, 0) is 79.1 Å². The van der Waals surface area contributed by atoms with E-state index >= 15 is 0 Å². The number of aliphatic hydroxyl groups is 2. The number of rotatable bonds is 5. The van der Waals surface area contributed by atoms with Crippen molar-refractivity contribution in [3.63, 3.8) is 0 Å². The molecule has 13 heteroatoms. The van der Waals surface area contributed by atoms with Crippen LogP contribution in [0.1, 0.15) is 87.1 Å². The Kier molecular flexibility index (Phi) is 15.7. The molecule has 3 aliphatic heterocycles. The minimum absolute atomic E-state index is 0.0770. The summed E-state index contributed by atoms with van der Waals surface area (Å²) in [6.45, 7) is 15.2. The van der Waals surface area contributed by atoms with Crippen molar-refractivity contribution < 1.29 is 48.3 Å². The van der Waals surface area contributed by atoms with Crippen molar-refractivity contribution >= 4 is 29.1 Å². The van der Waals surface area contributed by atoms with Gasteiger partial charge in [-0.15, -0.1) is 0 Å². The summed E-state index contributed by atoms with van der Waals surface area (Å²) in [5, 5.41) is 24.0. The first-order chi connectivity index (χ1) is 26.3. The van der Waals surface area contributed by atoms with Crippen LogP contribution in [0.5, 0.6) is 0 Å². The number of hydrogen-bond donors (Lipinski definition) is 2. The second-order valence-corrected chi connectivity index (χ2v) is 16.4. The zero-order chi connectivity index (χ0) is 41.5. The molecule has 3 fully saturated rings. The number of benzene rings is 1. The third-order valence-electron chi connectivity index (χ3n) is 11.5. The number of likely N-dealkylation sites (N-methyl/N-ethyl adjacent to an activating group) is 1. The Morgan fingerprint density at radius 2 is 1.73 bits per heavy atom. The Labute approximate surface area is 332 Å². The molecule has 13 nitrogen and oxygen atoms in total. The van der Waals surface area contributed by atoms with Gasteiger partial charge in [0.25, 0.3) is 0 Å². The predicted octanol–water partition coefficient (Wildman–Crippen LogP) is 4.04. The number of Topliss-reactive ketones (excluding diaryl/α,β-unsaturated/α-hetero) is 1. The number of carbonyl (C=O) groups is 3. The van der Waals surface area contributed by atoms with E-state index in [4.69, 9.17) is 28.7 Å². The van der Waals surface area contributed by atoms with Crippen LogP contribution in [-0.2, 0) is 38.1 Å². The van der Waals surface area contributed by atoms with Crippen LogP contribution in [0.3, 0.4) is 0 Å². The number of ether oxygens (including phenoxy) is 5. The van der Waals surface area contributed by atoms with Gasteiger partial charge in [-0.3, -0.25) is 19.4 Å². The topological polar surface area (TPSA) is 166 Å². The van der Waals surface area contributed by atoms with E-state index in [1.165, 1.54) is 20.8 Å². The standard InChI is InChI=1S/C43H63N3O10/c1-12-34-43(9,51)39-27(4)35(45-30(7)47)25(2)22-42(8,53-24-32(23-52-39)44-20-16-19-31-17-14-13-15-18-31)38(28(5)36(48)29(6)40(50)55-34)56-41-37(49)33(46(10)11)21-26(3)54-41/h13-15,17-18,25-29,33-34,37-39,41,49,51H,12,20-24H2,1-11H3/t25-,26-,27+,28+,29-,33+,34-,37-,38-,39?,41+,42-,43-/m1/s1. The number of carbonyl (C=O) groups excluding carboxylic acids is 3. The van der Waals surface area contributed by atoms with E-state index in [1.807, 2.05) is 77.0 Å². The number of aliphatic hydroxyl groups excluding tert-OH is 1. The SMILES string of the molecule is CC[C@H]1OC(=O)[C@H](C)C(=O)[C@H](C)[C@@H](O[C@@H]2O[C@H](C)C[C@H](N(C)C)[C@H]2O)[C@@]2(C)C[C@@H](C)C(=NC(C)=O)[C@H](C)C(OCC(=NCC#Cc3ccccc3)CO2)[C@]1(C)O. The number of ketones is 1. The zero-order valence-electron chi connectivity index (χ0n) is 35.0. The van der Waals surface area contributed by atoms with Gasteiger partial charge in [-0.1, -0.05) is 57.7 Å². The van der Waals surface area contributed by atoms with Crippen LogP contribution in [-0.4, -0.2) is 132 Å². The molecule has 1 unspecified atom stereocenters. The monoisotopic (exact) mass is 781 g/mol. The summed E-state index contributed by atoms with van der Waals surface area (Å²) < 4.78 is 32.5. The molecular formula is C43H63N3O10. The molecule has 3 aliphatic rings. The molecule has 0 saturated carbocycles. The lowest BCUT2D eigenvalue weighted by Gasteiger charge is -2.47. The molecule has 1 aromatic rings. The molecular weight excluding hydrogens is 718 g/mol. The van der Waals surface area contributed by atoms with Gasteiger partial charge in [0.2, 0.25) is 5.91 Å². The molecule has 4 rings (SSSR count). The van der Waals surface area contributed by atoms with Crippen molar-refractivity contribution in [1.82, 2.24) is 4.90 Å². The van der Waals surface area contributed by atoms with Crippen molar-refractivity contribution in [2.45, 2.75) is 136 Å². The molecule has 0 aliphatic carbocycles. The molecule has 0 spiro atoms. The fourth-order valence-corrected chi connectivity index (χ4v) is 8.46. The van der Waals surface area contributed by atoms with E-state index < -0.39 is 83.2 Å². The van der Waals surface area contributed by atoms with Gasteiger partial charge in [0.05, 0.1) is 42.8 Å². The lowest BCUT2D eigenvalue weighted by molar-refractivity contribution is -0.296. The molecule has 0 aromatic heterocycles. The highest BCUT2D eigenvalue weighted by atomic mass is 16.7. The molecule has 13 atom stereocenters. The quantitative estimate of drug-likeness (QED) is 0.252. The van der Waals surface area contributed by atoms with Crippen LogP contribution in [0.25, 0.3) is 0 Å². The first kappa shape index (κ1) is 45.4. The number of nitrogens with zero attached hydrogens (tertiary/aromatic N) is 3. The number of aliphatic imine (C=N–C) groups is 2. The summed E-state index contributed by atoms with van der Waals surface area (Å²) in [5.74, 6) is 1.06. The van der Waals surface area contributed by atoms with Crippen LogP contribution in [0.4, 0.5) is 0 Å². The van der Waals surface area contributed by atoms with Gasteiger partial charge in [-0.25, -0.2) is 4.99 Å². The maximum atomic E-state index is 14.4. The Balaban J connectivity index is 1.95. The molecule has 3 heterocycles. The molecule has 1 aromatic carbocycles. The molecule has 1 amide bonds. The molecule has 2 N–H and O–H groups in total. The summed E-state index contributed by atoms with van der Waals surface area (Å²) in [7, 11) is 3.75. The maximum Gasteiger partial charge on any atom is 0.316 e. The summed E-state index contributed by atoms with van der Waals surface area (Å²) in [5.41, 5.74) is -1.42. The number of fused-ring (bicyclic) bond motifs is 5. The van der Waals surface area contributed by atoms with Gasteiger partial charge in [0.15, 0.2) is 12.1 Å². The Morgan fingerprint density at radius 3 is 2.36 bits per heavy atom. The highest BCUT2D eigenvalue weighted by molar-refractivity contribution is 6.00.